The molecule has 1 saturated heterocycles. The van der Waals surface area contributed by atoms with Crippen molar-refractivity contribution >= 4 is 11.9 Å². The second-order valence-corrected chi connectivity index (χ2v) is 4.72. The molecule has 0 aromatic carbocycles. The van der Waals surface area contributed by atoms with Gasteiger partial charge in [0.2, 0.25) is 0 Å². The number of aliphatic carboxylic acids is 1. The van der Waals surface area contributed by atoms with Crippen molar-refractivity contribution in [3.05, 3.63) is 18.2 Å². The average Bonchev–Trinajstić information content (AvgIpc) is 2.92. The van der Waals surface area contributed by atoms with E-state index in [0.717, 1.165) is 0 Å². The Hall–Kier alpha value is -2.06. The number of hydrogen-bond acceptors (Lipinski definition) is 3. The summed E-state index contributed by atoms with van der Waals surface area (Å²) >= 11 is 0. The molecule has 20 heavy (non-hydrogen) atoms. The van der Waals surface area contributed by atoms with Gasteiger partial charge in [0.05, 0.1) is 17.9 Å². The Morgan fingerprint density at radius 3 is 2.50 bits per heavy atom. The fourth-order valence-corrected chi connectivity index (χ4v) is 2.32. The number of aromatic nitrogens is 2. The number of aryl methyl sites for hydroxylation is 1. The van der Waals surface area contributed by atoms with Gasteiger partial charge < -0.3 is 14.6 Å². The van der Waals surface area contributed by atoms with Crippen molar-refractivity contribution in [1.29, 1.82) is 0 Å². The molecule has 0 aliphatic carbocycles. The molecule has 2 rings (SSSR count). The van der Waals surface area contributed by atoms with Crippen LogP contribution in [0.1, 0.15) is 11.6 Å². The van der Waals surface area contributed by atoms with Crippen LogP contribution in [0.5, 0.6) is 0 Å². The van der Waals surface area contributed by atoms with Crippen molar-refractivity contribution in [2.24, 2.45) is 13.0 Å². The zero-order chi connectivity index (χ0) is 15.1. The molecule has 1 fully saturated rings. The van der Waals surface area contributed by atoms with Gasteiger partial charge in [-0.25, -0.2) is 4.98 Å². The van der Waals surface area contributed by atoms with Crippen LogP contribution in [0, 0.1) is 5.92 Å². The van der Waals surface area contributed by atoms with Crippen molar-refractivity contribution in [2.45, 2.75) is 12.1 Å². The second kappa shape index (κ2) is 4.80. The highest BCUT2D eigenvalue weighted by Gasteiger charge is 2.49. The van der Waals surface area contributed by atoms with Gasteiger partial charge >= 0.3 is 18.1 Å². The van der Waals surface area contributed by atoms with Gasteiger partial charge in [0.15, 0.2) is 0 Å². The first-order chi connectivity index (χ1) is 9.20. The summed E-state index contributed by atoms with van der Waals surface area (Å²) in [4.78, 5) is 26.8. The highest BCUT2D eigenvalue weighted by Crippen LogP contribution is 2.34. The Morgan fingerprint density at radius 1 is 1.40 bits per heavy atom. The van der Waals surface area contributed by atoms with Crippen molar-refractivity contribution < 1.29 is 27.9 Å². The van der Waals surface area contributed by atoms with Gasteiger partial charge in [-0.1, -0.05) is 0 Å². The standard InChI is InChI=1S/C11H12F3N3O3/c1-16-4-8(15-5-16)6-2-17(3-7(6)9(18)19)10(20)11(12,13)14/h4-7H,2-3H2,1H3,(H,18,19)/t6-,7-/m1/s1. The van der Waals surface area contributed by atoms with E-state index in [9.17, 15) is 22.8 Å². The van der Waals surface area contributed by atoms with E-state index in [2.05, 4.69) is 4.98 Å². The van der Waals surface area contributed by atoms with Gasteiger partial charge in [-0.3, -0.25) is 9.59 Å². The number of rotatable bonds is 2. The molecule has 0 radical (unpaired) electrons. The Kier molecular flexibility index (Phi) is 3.45. The lowest BCUT2D eigenvalue weighted by atomic mass is 9.94. The average molecular weight is 291 g/mol. The maximum Gasteiger partial charge on any atom is 0.471 e. The number of likely N-dealkylation sites (tertiary alicyclic amines) is 1. The minimum absolute atomic E-state index is 0.299. The summed E-state index contributed by atoms with van der Waals surface area (Å²) in [6.07, 6.45) is -2.02. The van der Waals surface area contributed by atoms with E-state index in [1.165, 1.54) is 6.33 Å². The number of alkyl halides is 3. The Balaban J connectivity index is 2.24. The van der Waals surface area contributed by atoms with Gasteiger partial charge in [0.25, 0.3) is 0 Å². The first-order valence-corrected chi connectivity index (χ1v) is 5.77. The van der Waals surface area contributed by atoms with E-state index in [1.807, 2.05) is 0 Å². The fourth-order valence-electron chi connectivity index (χ4n) is 2.32. The normalized spacial score (nSPS) is 23.1. The van der Waals surface area contributed by atoms with Crippen LogP contribution in [0.2, 0.25) is 0 Å². The van der Waals surface area contributed by atoms with E-state index in [-0.39, 0.29) is 6.54 Å². The quantitative estimate of drug-likeness (QED) is 0.866. The number of carbonyl (C=O) groups excluding carboxylic acids is 1. The molecular weight excluding hydrogens is 279 g/mol. The SMILES string of the molecule is Cn1cnc([C@@H]2CN(C(=O)C(F)(F)F)C[C@H]2C(=O)O)c1. The Morgan fingerprint density at radius 2 is 2.05 bits per heavy atom. The third-order valence-electron chi connectivity index (χ3n) is 3.27. The van der Waals surface area contributed by atoms with Crippen LogP contribution >= 0.6 is 0 Å². The molecule has 1 aromatic rings. The Bertz CT molecular complexity index is 541. The highest BCUT2D eigenvalue weighted by molar-refractivity contribution is 5.83. The number of carbonyl (C=O) groups is 2. The van der Waals surface area contributed by atoms with Crippen molar-refractivity contribution in [3.63, 3.8) is 0 Å². The number of imidazole rings is 1. The first kappa shape index (κ1) is 14.4. The molecule has 1 aromatic heterocycles. The van der Waals surface area contributed by atoms with E-state index in [0.29, 0.717) is 10.6 Å². The number of nitrogens with zero attached hydrogens (tertiary/aromatic N) is 3. The van der Waals surface area contributed by atoms with Gasteiger partial charge in [-0.2, -0.15) is 13.2 Å². The molecule has 2 heterocycles. The number of hydrogen-bond donors (Lipinski definition) is 1. The summed E-state index contributed by atoms with van der Waals surface area (Å²) in [7, 11) is 1.67. The van der Waals surface area contributed by atoms with E-state index in [1.54, 1.807) is 17.8 Å². The minimum Gasteiger partial charge on any atom is -0.481 e. The molecule has 110 valence electrons. The van der Waals surface area contributed by atoms with E-state index < -0.39 is 36.4 Å². The third kappa shape index (κ3) is 2.61. The summed E-state index contributed by atoms with van der Waals surface area (Å²) < 4.78 is 38.8. The molecular formula is C11H12F3N3O3. The van der Waals surface area contributed by atoms with Gasteiger partial charge in [-0.05, 0) is 0 Å². The minimum atomic E-state index is -5.00. The van der Waals surface area contributed by atoms with Crippen molar-refractivity contribution in [1.82, 2.24) is 14.5 Å². The molecule has 0 unspecified atom stereocenters. The first-order valence-electron chi connectivity index (χ1n) is 5.77. The van der Waals surface area contributed by atoms with Crippen LogP contribution in [-0.2, 0) is 16.6 Å². The largest absolute Gasteiger partial charge is 0.481 e. The topological polar surface area (TPSA) is 75.4 Å². The van der Waals surface area contributed by atoms with E-state index in [4.69, 9.17) is 5.11 Å². The second-order valence-electron chi connectivity index (χ2n) is 4.72. The molecule has 6 nitrogen and oxygen atoms in total. The Labute approximate surface area is 111 Å². The number of carboxylic acid groups (broad SMARTS) is 1. The molecule has 1 N–H and O–H groups in total. The predicted octanol–water partition coefficient (Wildman–Crippen LogP) is 0.609. The van der Waals surface area contributed by atoms with Gasteiger partial charge in [0, 0.05) is 32.3 Å². The highest BCUT2D eigenvalue weighted by atomic mass is 19.4. The monoisotopic (exact) mass is 291 g/mol. The smallest absolute Gasteiger partial charge is 0.471 e. The van der Waals surface area contributed by atoms with Crippen LogP contribution in [0.4, 0.5) is 13.2 Å². The molecule has 9 heteroatoms. The summed E-state index contributed by atoms with van der Waals surface area (Å²) in [6.45, 7) is -0.763. The van der Waals surface area contributed by atoms with Crippen LogP contribution in [-0.4, -0.2) is 50.7 Å². The fraction of sp³-hybridized carbons (Fsp3) is 0.545. The van der Waals surface area contributed by atoms with Crippen LogP contribution in [0.3, 0.4) is 0 Å². The molecule has 1 aliphatic heterocycles. The maximum atomic E-state index is 12.4. The number of amides is 1. The molecule has 2 atom stereocenters. The molecule has 0 spiro atoms. The van der Waals surface area contributed by atoms with Crippen LogP contribution < -0.4 is 0 Å². The molecule has 1 aliphatic rings. The zero-order valence-corrected chi connectivity index (χ0v) is 10.5. The van der Waals surface area contributed by atoms with Crippen LogP contribution in [0.15, 0.2) is 12.5 Å². The molecule has 0 saturated carbocycles. The van der Waals surface area contributed by atoms with Crippen molar-refractivity contribution in [3.8, 4) is 0 Å². The van der Waals surface area contributed by atoms with E-state index >= 15 is 0 Å². The maximum absolute atomic E-state index is 12.4. The lowest BCUT2D eigenvalue weighted by molar-refractivity contribution is -0.184. The van der Waals surface area contributed by atoms with Crippen molar-refractivity contribution in [2.75, 3.05) is 13.1 Å². The zero-order valence-electron chi connectivity index (χ0n) is 10.5. The lowest BCUT2D eigenvalue weighted by Crippen LogP contribution is -2.40. The van der Waals surface area contributed by atoms with Gasteiger partial charge in [-0.15, -0.1) is 0 Å². The lowest BCUT2D eigenvalue weighted by Gasteiger charge is -2.17. The third-order valence-corrected chi connectivity index (χ3v) is 3.27. The summed E-state index contributed by atoms with van der Waals surface area (Å²) in [5, 5.41) is 9.10. The predicted molar refractivity (Wildman–Crippen MR) is 59.7 cm³/mol. The number of halogens is 3. The van der Waals surface area contributed by atoms with Gasteiger partial charge in [0.1, 0.15) is 0 Å². The van der Waals surface area contributed by atoms with Crippen LogP contribution in [0.25, 0.3) is 0 Å². The summed E-state index contributed by atoms with van der Waals surface area (Å²) in [6, 6.07) is 0. The molecule has 0 bridgehead atoms. The number of carboxylic acids is 1. The summed E-state index contributed by atoms with van der Waals surface area (Å²) in [5.41, 5.74) is 0.373. The summed E-state index contributed by atoms with van der Waals surface area (Å²) in [5.74, 6) is -5.07. The molecule has 1 amide bonds.